The minimum Gasteiger partial charge on any atom is -0.497 e. The second kappa shape index (κ2) is 11.4. The number of benzene rings is 2. The molecule has 0 bridgehead atoms. The fourth-order valence-electron chi connectivity index (χ4n) is 4.53. The van der Waals surface area contributed by atoms with E-state index in [2.05, 4.69) is 4.99 Å². The number of furan rings is 1. The summed E-state index contributed by atoms with van der Waals surface area (Å²) in [6, 6.07) is 12.9. The number of methoxy groups -OCH3 is 2. The minimum atomic E-state index is -0.861. The Morgan fingerprint density at radius 3 is 2.65 bits per heavy atom. The van der Waals surface area contributed by atoms with E-state index in [0.29, 0.717) is 59.2 Å². The average molecular weight is 599 g/mol. The predicted molar refractivity (Wildman–Crippen MR) is 154 cm³/mol. The summed E-state index contributed by atoms with van der Waals surface area (Å²) in [5.74, 6) is 1.39. The summed E-state index contributed by atoms with van der Waals surface area (Å²) < 4.78 is 24.3. The maximum atomic E-state index is 13.9. The second-order valence-electron chi connectivity index (χ2n) is 8.74. The molecule has 0 radical (unpaired) electrons. The normalized spacial score (nSPS) is 15.1. The Hall–Kier alpha value is -3.79. The highest BCUT2D eigenvalue weighted by Gasteiger charge is 2.35. The van der Waals surface area contributed by atoms with E-state index in [9.17, 15) is 9.59 Å². The van der Waals surface area contributed by atoms with Crippen LogP contribution in [-0.4, -0.2) is 31.4 Å². The molecule has 8 nitrogen and oxygen atoms in total. The van der Waals surface area contributed by atoms with Crippen LogP contribution in [0.25, 0.3) is 17.4 Å². The van der Waals surface area contributed by atoms with Crippen molar-refractivity contribution in [2.45, 2.75) is 19.9 Å². The highest BCUT2D eigenvalue weighted by atomic mass is 35.5. The molecule has 1 aliphatic heterocycles. The summed E-state index contributed by atoms with van der Waals surface area (Å²) in [4.78, 5) is 32.1. The van der Waals surface area contributed by atoms with E-state index in [0.717, 1.165) is 0 Å². The molecule has 2 aromatic heterocycles. The van der Waals surface area contributed by atoms with Gasteiger partial charge >= 0.3 is 5.97 Å². The van der Waals surface area contributed by atoms with Crippen molar-refractivity contribution in [3.63, 3.8) is 0 Å². The molecular weight excluding hydrogens is 575 g/mol. The number of rotatable bonds is 7. The zero-order chi connectivity index (χ0) is 28.6. The van der Waals surface area contributed by atoms with Gasteiger partial charge in [-0.2, -0.15) is 0 Å². The number of carbonyl (C=O) groups excluding carboxylic acids is 1. The van der Waals surface area contributed by atoms with Gasteiger partial charge in [0.05, 0.1) is 41.7 Å². The molecule has 11 heteroatoms. The SMILES string of the molecule is CCOC(=O)C1=C(C)N=c2s/c(=C\c3ccc(-c4cc(Cl)ccc4Cl)o3)c(=O)n2[C@@H]1c1cc(OC)ccc1OC. The fourth-order valence-corrected chi connectivity index (χ4v) is 5.94. The number of hydrogen-bond donors (Lipinski definition) is 0. The van der Waals surface area contributed by atoms with Gasteiger partial charge in [0.25, 0.3) is 5.56 Å². The first-order valence-electron chi connectivity index (χ1n) is 12.2. The van der Waals surface area contributed by atoms with E-state index >= 15 is 0 Å². The van der Waals surface area contributed by atoms with Gasteiger partial charge in [0.1, 0.15) is 29.1 Å². The maximum Gasteiger partial charge on any atom is 0.338 e. The van der Waals surface area contributed by atoms with E-state index in [1.165, 1.54) is 23.0 Å². The third kappa shape index (κ3) is 5.08. The van der Waals surface area contributed by atoms with Crippen molar-refractivity contribution in [1.82, 2.24) is 4.57 Å². The Morgan fingerprint density at radius 1 is 1.12 bits per heavy atom. The molecule has 0 unspecified atom stereocenters. The van der Waals surface area contributed by atoms with Crippen LogP contribution < -0.4 is 24.4 Å². The number of nitrogens with zero attached hydrogens (tertiary/aromatic N) is 2. The fraction of sp³-hybridized carbons (Fsp3) is 0.207. The van der Waals surface area contributed by atoms with Crippen LogP contribution >= 0.6 is 34.5 Å². The summed E-state index contributed by atoms with van der Waals surface area (Å²) >= 11 is 13.7. The zero-order valence-electron chi connectivity index (χ0n) is 22.0. The number of esters is 1. The first-order valence-corrected chi connectivity index (χ1v) is 13.8. The molecule has 0 spiro atoms. The molecule has 0 aliphatic carbocycles. The number of hydrogen-bond acceptors (Lipinski definition) is 8. The Kier molecular flexibility index (Phi) is 7.89. The monoisotopic (exact) mass is 598 g/mol. The Morgan fingerprint density at radius 2 is 1.93 bits per heavy atom. The van der Waals surface area contributed by atoms with E-state index in [1.54, 1.807) is 75.6 Å². The number of aromatic nitrogens is 1. The molecule has 1 aliphatic rings. The van der Waals surface area contributed by atoms with Crippen molar-refractivity contribution >= 4 is 46.6 Å². The number of fused-ring (bicyclic) bond motifs is 1. The lowest BCUT2D eigenvalue weighted by Gasteiger charge is -2.26. The van der Waals surface area contributed by atoms with Crippen LogP contribution in [0.4, 0.5) is 0 Å². The highest BCUT2D eigenvalue weighted by Crippen LogP contribution is 2.38. The van der Waals surface area contributed by atoms with Gasteiger partial charge in [0.15, 0.2) is 4.80 Å². The molecule has 0 saturated heterocycles. The quantitative estimate of drug-likeness (QED) is 0.265. The Labute approximate surface area is 243 Å². The van der Waals surface area contributed by atoms with Crippen LogP contribution in [0.1, 0.15) is 31.2 Å². The van der Waals surface area contributed by atoms with Gasteiger partial charge in [-0.3, -0.25) is 9.36 Å². The lowest BCUT2D eigenvalue weighted by atomic mass is 9.95. The van der Waals surface area contributed by atoms with Gasteiger partial charge in [-0.25, -0.2) is 9.79 Å². The number of halogens is 2. The van der Waals surface area contributed by atoms with Crippen LogP contribution in [0.3, 0.4) is 0 Å². The third-order valence-corrected chi connectivity index (χ3v) is 7.89. The van der Waals surface area contributed by atoms with Gasteiger partial charge in [-0.1, -0.05) is 34.5 Å². The summed E-state index contributed by atoms with van der Waals surface area (Å²) in [5, 5.41) is 1.00. The highest BCUT2D eigenvalue weighted by molar-refractivity contribution is 7.07. The van der Waals surface area contributed by atoms with Crippen LogP contribution in [0, 0.1) is 0 Å². The first kappa shape index (κ1) is 27.8. The van der Waals surface area contributed by atoms with Crippen molar-refractivity contribution < 1.29 is 23.4 Å². The maximum absolute atomic E-state index is 13.9. The molecule has 40 heavy (non-hydrogen) atoms. The van der Waals surface area contributed by atoms with E-state index in [4.69, 9.17) is 41.8 Å². The van der Waals surface area contributed by atoms with Gasteiger partial charge in [-0.05, 0) is 62.4 Å². The minimum absolute atomic E-state index is 0.166. The summed E-state index contributed by atoms with van der Waals surface area (Å²) in [5.41, 5.74) is 1.52. The topological polar surface area (TPSA) is 92.3 Å². The van der Waals surface area contributed by atoms with Gasteiger partial charge in [0.2, 0.25) is 0 Å². The first-order chi connectivity index (χ1) is 19.2. The molecule has 5 rings (SSSR count). The molecule has 3 heterocycles. The van der Waals surface area contributed by atoms with Crippen molar-refractivity contribution in [2.24, 2.45) is 4.99 Å². The van der Waals surface area contributed by atoms with Crippen LogP contribution in [0.2, 0.25) is 10.0 Å². The average Bonchev–Trinajstić information content (AvgIpc) is 3.53. The van der Waals surface area contributed by atoms with Gasteiger partial charge < -0.3 is 18.6 Å². The van der Waals surface area contributed by atoms with Crippen molar-refractivity contribution in [1.29, 1.82) is 0 Å². The second-order valence-corrected chi connectivity index (χ2v) is 10.6. The summed E-state index contributed by atoms with van der Waals surface area (Å²) in [7, 11) is 3.06. The summed E-state index contributed by atoms with van der Waals surface area (Å²) in [6.45, 7) is 3.61. The number of ether oxygens (including phenoxy) is 3. The molecule has 0 amide bonds. The van der Waals surface area contributed by atoms with Crippen molar-refractivity contribution in [3.8, 4) is 22.8 Å². The molecule has 206 valence electrons. The van der Waals surface area contributed by atoms with Gasteiger partial charge in [0, 0.05) is 22.2 Å². The molecule has 0 N–H and O–H groups in total. The molecule has 2 aromatic carbocycles. The van der Waals surface area contributed by atoms with E-state index < -0.39 is 12.0 Å². The van der Waals surface area contributed by atoms with Crippen LogP contribution in [-0.2, 0) is 9.53 Å². The lowest BCUT2D eigenvalue weighted by molar-refractivity contribution is -0.139. The molecular formula is C29H24Cl2N2O6S. The molecule has 0 fully saturated rings. The third-order valence-electron chi connectivity index (χ3n) is 6.34. The van der Waals surface area contributed by atoms with Crippen LogP contribution in [0.5, 0.6) is 11.5 Å². The lowest BCUT2D eigenvalue weighted by Crippen LogP contribution is -2.40. The van der Waals surface area contributed by atoms with Crippen molar-refractivity contribution in [2.75, 3.05) is 20.8 Å². The number of thiazole rings is 1. The Balaban J connectivity index is 1.69. The smallest absolute Gasteiger partial charge is 0.338 e. The predicted octanol–water partition coefficient (Wildman–Crippen LogP) is 5.38. The van der Waals surface area contributed by atoms with Crippen LogP contribution in [0.15, 0.2) is 74.0 Å². The standard InChI is InChI=1S/C29H24Cl2N2O6S/c1-5-38-28(35)25-15(2)32-29-33(26(25)20-13-17(36-3)7-10-22(20)37-4)27(34)24(40-29)14-18-8-11-23(39-18)19-12-16(30)6-9-21(19)31/h6-14,26H,5H2,1-4H3/b24-14-/t26-/m1/s1. The van der Waals surface area contributed by atoms with Gasteiger partial charge in [-0.15, -0.1) is 0 Å². The summed E-state index contributed by atoms with van der Waals surface area (Å²) in [6.07, 6.45) is 1.63. The number of carbonyl (C=O) groups is 1. The van der Waals surface area contributed by atoms with E-state index in [-0.39, 0.29) is 17.7 Å². The van der Waals surface area contributed by atoms with Crippen molar-refractivity contribution in [3.05, 3.63) is 101 Å². The molecule has 1 atom stereocenters. The molecule has 4 aromatic rings. The Bertz CT molecular complexity index is 1840. The largest absolute Gasteiger partial charge is 0.497 e. The van der Waals surface area contributed by atoms with E-state index in [1.807, 2.05) is 0 Å². The molecule has 0 saturated carbocycles. The zero-order valence-corrected chi connectivity index (χ0v) is 24.3. The number of allylic oxidation sites excluding steroid dienone is 1.